The van der Waals surface area contributed by atoms with E-state index in [1.807, 2.05) is 53.8 Å². The maximum Gasteiger partial charge on any atom is 0.244 e. The SMILES string of the molecule is Cc1csc(C[C@H](C)C(=O)N[C@@H](CNS(C)(=O)=O)C(=O)N[C@@H](CC(C)C)[C@@H](O)C[C@@H](C)C(=O)N[C@H](C(=O)NCC(C)C)C(C)C)n1. The van der Waals surface area contributed by atoms with Crippen LogP contribution in [0.25, 0.3) is 0 Å². The molecule has 0 unspecified atom stereocenters. The van der Waals surface area contributed by atoms with Crippen LogP contribution in [0.3, 0.4) is 0 Å². The van der Waals surface area contributed by atoms with Gasteiger partial charge in [-0.05, 0) is 37.5 Å². The molecule has 6 atom stereocenters. The summed E-state index contributed by atoms with van der Waals surface area (Å²) in [6.45, 7) is 16.7. The van der Waals surface area contributed by atoms with E-state index in [1.54, 1.807) is 13.8 Å². The standard InChI is InChI=1S/C31H56N6O7S2/c1-17(2)11-23(25(38)12-20(7)29(40)37-27(19(5)6)31(42)32-14-18(3)4)35-30(41)24(15-33-46(10,43)44)36-28(39)21(8)13-26-34-22(9)16-45-26/h16-21,23-25,27,33,38H,11-15H2,1-10H3,(H,32,42)(H,35,41)(H,36,39)(H,37,40)/t20-,21+,23+,24+,25+,27+/m1/s1. The first-order chi connectivity index (χ1) is 21.2. The number of hydrogen-bond donors (Lipinski definition) is 6. The van der Waals surface area contributed by atoms with E-state index in [0.717, 1.165) is 17.0 Å². The lowest BCUT2D eigenvalue weighted by Crippen LogP contribution is -2.57. The van der Waals surface area contributed by atoms with Crippen molar-refractivity contribution in [2.45, 2.75) is 106 Å². The fourth-order valence-electron chi connectivity index (χ4n) is 4.59. The maximum absolute atomic E-state index is 13.5. The molecule has 0 aromatic carbocycles. The number of aliphatic hydroxyl groups excluding tert-OH is 1. The Bertz CT molecular complexity index is 1250. The van der Waals surface area contributed by atoms with Crippen LogP contribution in [0.1, 0.15) is 78.9 Å². The molecule has 0 aliphatic carbocycles. The molecule has 46 heavy (non-hydrogen) atoms. The molecule has 0 saturated carbocycles. The molecule has 0 bridgehead atoms. The summed E-state index contributed by atoms with van der Waals surface area (Å²) >= 11 is 1.43. The number of aromatic nitrogens is 1. The molecule has 0 radical (unpaired) electrons. The molecule has 1 aromatic heterocycles. The minimum atomic E-state index is -3.69. The van der Waals surface area contributed by atoms with Gasteiger partial charge in [0.2, 0.25) is 33.7 Å². The van der Waals surface area contributed by atoms with Crippen molar-refractivity contribution in [2.24, 2.45) is 29.6 Å². The molecule has 0 saturated heterocycles. The van der Waals surface area contributed by atoms with Crippen molar-refractivity contribution >= 4 is 45.0 Å². The van der Waals surface area contributed by atoms with Crippen molar-refractivity contribution in [2.75, 3.05) is 19.3 Å². The van der Waals surface area contributed by atoms with Crippen molar-refractivity contribution in [1.82, 2.24) is 31.0 Å². The average Bonchev–Trinajstić information content (AvgIpc) is 3.34. The molecule has 1 aromatic rings. The van der Waals surface area contributed by atoms with Gasteiger partial charge in [0.15, 0.2) is 0 Å². The number of hydrogen-bond acceptors (Lipinski definition) is 9. The molecule has 1 heterocycles. The first-order valence-corrected chi connectivity index (χ1v) is 18.7. The molecular formula is C31H56N6O7S2. The second kappa shape index (κ2) is 19.3. The zero-order chi connectivity index (χ0) is 35.4. The highest BCUT2D eigenvalue weighted by Gasteiger charge is 2.32. The predicted molar refractivity (Wildman–Crippen MR) is 180 cm³/mol. The zero-order valence-corrected chi connectivity index (χ0v) is 30.6. The van der Waals surface area contributed by atoms with E-state index in [4.69, 9.17) is 0 Å². The normalized spacial score (nSPS) is 16.0. The highest BCUT2D eigenvalue weighted by atomic mass is 32.2. The highest BCUT2D eigenvalue weighted by molar-refractivity contribution is 7.88. The Kier molecular flexibility index (Phi) is 17.3. The number of nitrogens with one attached hydrogen (secondary N) is 5. The van der Waals surface area contributed by atoms with Crippen LogP contribution in [0, 0.1) is 36.5 Å². The van der Waals surface area contributed by atoms with E-state index in [0.29, 0.717) is 19.4 Å². The van der Waals surface area contributed by atoms with Crippen LogP contribution in [-0.2, 0) is 35.6 Å². The maximum atomic E-state index is 13.5. The van der Waals surface area contributed by atoms with E-state index in [-0.39, 0.29) is 30.1 Å². The van der Waals surface area contributed by atoms with Crippen molar-refractivity contribution in [3.8, 4) is 0 Å². The number of carbonyl (C=O) groups excluding carboxylic acids is 4. The van der Waals surface area contributed by atoms with Gasteiger partial charge in [0.1, 0.15) is 12.1 Å². The zero-order valence-electron chi connectivity index (χ0n) is 29.0. The van der Waals surface area contributed by atoms with Crippen LogP contribution in [-0.4, -0.2) is 85.7 Å². The summed E-state index contributed by atoms with van der Waals surface area (Å²) < 4.78 is 26.0. The lowest BCUT2D eigenvalue weighted by atomic mass is 9.91. The molecule has 4 amide bonds. The van der Waals surface area contributed by atoms with Gasteiger partial charge >= 0.3 is 0 Å². The Hall–Kier alpha value is -2.62. The largest absolute Gasteiger partial charge is 0.391 e. The van der Waals surface area contributed by atoms with E-state index in [2.05, 4.69) is 31.0 Å². The molecule has 13 nitrogen and oxygen atoms in total. The van der Waals surface area contributed by atoms with Crippen LogP contribution < -0.4 is 26.0 Å². The molecular weight excluding hydrogens is 633 g/mol. The van der Waals surface area contributed by atoms with E-state index in [9.17, 15) is 32.7 Å². The van der Waals surface area contributed by atoms with Crippen molar-refractivity contribution in [1.29, 1.82) is 0 Å². The highest BCUT2D eigenvalue weighted by Crippen LogP contribution is 2.17. The number of carbonyl (C=O) groups is 4. The van der Waals surface area contributed by atoms with E-state index in [1.165, 1.54) is 11.3 Å². The predicted octanol–water partition coefficient (Wildman–Crippen LogP) is 1.50. The van der Waals surface area contributed by atoms with Gasteiger partial charge in [-0.3, -0.25) is 19.2 Å². The third-order valence-electron chi connectivity index (χ3n) is 7.27. The smallest absolute Gasteiger partial charge is 0.244 e. The third-order valence-corrected chi connectivity index (χ3v) is 8.95. The molecule has 0 aliphatic heterocycles. The summed E-state index contributed by atoms with van der Waals surface area (Å²) in [6, 6.07) is -2.81. The fourth-order valence-corrected chi connectivity index (χ4v) is 5.96. The number of aryl methyl sites for hydroxylation is 1. The lowest BCUT2D eigenvalue weighted by Gasteiger charge is -2.30. The Morgan fingerprint density at radius 3 is 1.93 bits per heavy atom. The number of sulfonamides is 1. The fraction of sp³-hybridized carbons (Fsp3) is 0.774. The van der Waals surface area contributed by atoms with E-state index < -0.39 is 70.4 Å². The number of aliphatic hydroxyl groups is 1. The number of nitrogens with zero attached hydrogens (tertiary/aromatic N) is 1. The summed E-state index contributed by atoms with van der Waals surface area (Å²) in [5, 5.41) is 25.0. The van der Waals surface area contributed by atoms with Gasteiger partial charge in [-0.2, -0.15) is 0 Å². The van der Waals surface area contributed by atoms with Gasteiger partial charge in [0, 0.05) is 42.4 Å². The minimum absolute atomic E-state index is 0.00912. The van der Waals surface area contributed by atoms with Crippen LogP contribution in [0.2, 0.25) is 0 Å². The second-order valence-electron chi connectivity index (χ2n) is 13.5. The van der Waals surface area contributed by atoms with Crippen LogP contribution in [0.15, 0.2) is 5.38 Å². The number of thiazole rings is 1. The van der Waals surface area contributed by atoms with Gasteiger partial charge < -0.3 is 26.4 Å². The number of rotatable bonds is 20. The van der Waals surface area contributed by atoms with Gasteiger partial charge in [-0.1, -0.05) is 55.4 Å². The summed E-state index contributed by atoms with van der Waals surface area (Å²) in [5.74, 6) is -2.92. The second-order valence-corrected chi connectivity index (χ2v) is 16.3. The molecule has 0 spiro atoms. The van der Waals surface area contributed by atoms with Crippen LogP contribution in [0.5, 0.6) is 0 Å². The first-order valence-electron chi connectivity index (χ1n) is 15.9. The summed E-state index contributed by atoms with van der Waals surface area (Å²) in [6.07, 6.45) is 0.500. The molecule has 0 aliphatic rings. The molecule has 6 N–H and O–H groups in total. The van der Waals surface area contributed by atoms with E-state index >= 15 is 0 Å². The summed E-state index contributed by atoms with van der Waals surface area (Å²) in [4.78, 5) is 56.7. The van der Waals surface area contributed by atoms with Crippen LogP contribution >= 0.6 is 11.3 Å². The van der Waals surface area contributed by atoms with Crippen molar-refractivity contribution in [3.63, 3.8) is 0 Å². The Morgan fingerprint density at radius 1 is 0.826 bits per heavy atom. The van der Waals surface area contributed by atoms with Gasteiger partial charge in [0.05, 0.1) is 23.4 Å². The Balaban J connectivity index is 3.02. The average molecular weight is 689 g/mol. The lowest BCUT2D eigenvalue weighted by molar-refractivity contribution is -0.133. The summed E-state index contributed by atoms with van der Waals surface area (Å²) in [7, 11) is -3.69. The van der Waals surface area contributed by atoms with Crippen LogP contribution in [0.4, 0.5) is 0 Å². The Labute approximate surface area is 278 Å². The summed E-state index contributed by atoms with van der Waals surface area (Å²) in [5.41, 5.74) is 0.843. The van der Waals surface area contributed by atoms with Gasteiger partial charge in [-0.25, -0.2) is 18.1 Å². The topological polar surface area (TPSA) is 196 Å². The van der Waals surface area contributed by atoms with Gasteiger partial charge in [-0.15, -0.1) is 11.3 Å². The third kappa shape index (κ3) is 15.8. The van der Waals surface area contributed by atoms with Crippen molar-refractivity contribution in [3.05, 3.63) is 16.1 Å². The Morgan fingerprint density at radius 2 is 1.43 bits per heavy atom. The first kappa shape index (κ1) is 41.4. The molecule has 264 valence electrons. The quantitative estimate of drug-likeness (QED) is 0.119. The molecule has 0 fully saturated rings. The number of amides is 4. The monoisotopic (exact) mass is 688 g/mol. The minimum Gasteiger partial charge on any atom is -0.391 e. The van der Waals surface area contributed by atoms with Crippen molar-refractivity contribution < 1.29 is 32.7 Å². The molecule has 15 heteroatoms. The molecule has 1 rings (SSSR count). The van der Waals surface area contributed by atoms with Gasteiger partial charge in [0.25, 0.3) is 0 Å².